The van der Waals surface area contributed by atoms with Crippen LogP contribution in [0.5, 0.6) is 0 Å². The Hall–Kier alpha value is -3.76. The smallest absolute Gasteiger partial charge is 0.418 e. The summed E-state index contributed by atoms with van der Waals surface area (Å²) in [6, 6.07) is 6.86. The first kappa shape index (κ1) is 21.5. The van der Waals surface area contributed by atoms with E-state index in [9.17, 15) is 26.7 Å². The number of rotatable bonds is 6. The normalized spacial score (nSPS) is 12.3. The molecule has 0 amide bonds. The minimum atomic E-state index is -4.89. The fraction of sp³-hybridized carbons (Fsp3) is 0.190. The Morgan fingerprint density at radius 1 is 1.09 bits per heavy atom. The van der Waals surface area contributed by atoms with Crippen LogP contribution >= 0.6 is 0 Å². The van der Waals surface area contributed by atoms with E-state index in [4.69, 9.17) is 8.94 Å². The Labute approximate surface area is 177 Å². The summed E-state index contributed by atoms with van der Waals surface area (Å²) in [6.07, 6.45) is -1.23. The maximum atomic E-state index is 13.5. The number of nitrogens with zero attached hydrogens (tertiary/aromatic N) is 3. The van der Waals surface area contributed by atoms with Crippen molar-refractivity contribution in [2.45, 2.75) is 25.4 Å². The molecule has 0 atom stereocenters. The fourth-order valence-electron chi connectivity index (χ4n) is 3.04. The molecule has 0 aliphatic rings. The first-order valence-corrected chi connectivity index (χ1v) is 9.19. The zero-order valence-electron chi connectivity index (χ0n) is 16.4. The van der Waals surface area contributed by atoms with E-state index < -0.39 is 34.7 Å². The van der Waals surface area contributed by atoms with Gasteiger partial charge in [0.1, 0.15) is 0 Å². The highest BCUT2D eigenvalue weighted by molar-refractivity contribution is 5.96. The minimum absolute atomic E-state index is 0.00895. The van der Waals surface area contributed by atoms with Crippen molar-refractivity contribution in [3.05, 3.63) is 77.4 Å². The predicted octanol–water partition coefficient (Wildman–Crippen LogP) is 5.68. The third-order valence-electron chi connectivity index (χ3n) is 4.62. The van der Waals surface area contributed by atoms with Crippen LogP contribution < -0.4 is 0 Å². The summed E-state index contributed by atoms with van der Waals surface area (Å²) in [5.74, 6) is -3.27. The molecule has 0 aliphatic carbocycles. The van der Waals surface area contributed by atoms with Gasteiger partial charge in [-0.15, -0.1) is 0 Å². The average Bonchev–Trinajstić information content (AvgIpc) is 3.46. The molecule has 0 unspecified atom stereocenters. The lowest BCUT2D eigenvalue weighted by Crippen LogP contribution is -2.15. The Balaban J connectivity index is 1.58. The molecule has 11 heteroatoms. The lowest BCUT2D eigenvalue weighted by Gasteiger charge is -2.17. The first-order chi connectivity index (χ1) is 15.0. The van der Waals surface area contributed by atoms with Crippen LogP contribution in [-0.2, 0) is 18.5 Å². The Morgan fingerprint density at radius 2 is 1.88 bits per heavy atom. The highest BCUT2D eigenvalue weighted by atomic mass is 19.4. The van der Waals surface area contributed by atoms with E-state index in [1.165, 1.54) is 24.7 Å². The molecule has 6 nitrogen and oxygen atoms in total. The number of alkyl halides is 5. The van der Waals surface area contributed by atoms with Gasteiger partial charge in [-0.3, -0.25) is 4.79 Å². The number of aromatic nitrogens is 3. The molecule has 32 heavy (non-hydrogen) atoms. The molecule has 0 radical (unpaired) electrons. The van der Waals surface area contributed by atoms with Crippen molar-refractivity contribution in [1.29, 1.82) is 0 Å². The van der Waals surface area contributed by atoms with Crippen molar-refractivity contribution in [3.63, 3.8) is 0 Å². The second kappa shape index (κ2) is 7.74. The van der Waals surface area contributed by atoms with Crippen molar-refractivity contribution in [2.24, 2.45) is 0 Å². The zero-order chi connectivity index (χ0) is 23.1. The maximum absolute atomic E-state index is 13.5. The van der Waals surface area contributed by atoms with Gasteiger partial charge in [0, 0.05) is 31.2 Å². The summed E-state index contributed by atoms with van der Waals surface area (Å²) < 4.78 is 78.6. The van der Waals surface area contributed by atoms with Crippen molar-refractivity contribution in [2.75, 3.05) is 0 Å². The van der Waals surface area contributed by atoms with Crippen LogP contribution in [-0.4, -0.2) is 20.7 Å². The lowest BCUT2D eigenvalue weighted by molar-refractivity contribution is -0.137. The second-order valence-electron chi connectivity index (χ2n) is 7.06. The number of halogens is 5. The van der Waals surface area contributed by atoms with Crippen LogP contribution in [0.25, 0.3) is 17.2 Å². The Morgan fingerprint density at radius 3 is 2.53 bits per heavy atom. The Bertz CT molecular complexity index is 1250. The molecule has 0 spiro atoms. The minimum Gasteiger partial charge on any atom is -0.461 e. The predicted molar refractivity (Wildman–Crippen MR) is 100 cm³/mol. The van der Waals surface area contributed by atoms with Crippen LogP contribution in [0.1, 0.15) is 34.1 Å². The van der Waals surface area contributed by atoms with Crippen LogP contribution in [0.4, 0.5) is 22.0 Å². The number of carbonyl (C=O) groups excluding carboxylic acids is 1. The topological polar surface area (TPSA) is 74.1 Å². The molecule has 0 fully saturated rings. The third-order valence-corrected chi connectivity index (χ3v) is 4.62. The summed E-state index contributed by atoms with van der Waals surface area (Å²) in [5, 5.41) is 7.54. The van der Waals surface area contributed by atoms with E-state index in [1.54, 1.807) is 12.1 Å². The third kappa shape index (κ3) is 4.32. The van der Waals surface area contributed by atoms with E-state index in [-0.39, 0.29) is 17.9 Å². The van der Waals surface area contributed by atoms with Gasteiger partial charge in [0.2, 0.25) is 5.76 Å². The van der Waals surface area contributed by atoms with Crippen molar-refractivity contribution >= 4 is 5.78 Å². The van der Waals surface area contributed by atoms with Crippen molar-refractivity contribution < 1.29 is 35.7 Å². The molecule has 1 aromatic carbocycles. The summed E-state index contributed by atoms with van der Waals surface area (Å²) >= 11 is 0. The maximum Gasteiger partial charge on any atom is 0.418 e. The van der Waals surface area contributed by atoms with Gasteiger partial charge in [-0.05, 0) is 29.8 Å². The summed E-state index contributed by atoms with van der Waals surface area (Å²) in [6.45, 7) is 0.515. The van der Waals surface area contributed by atoms with Gasteiger partial charge in [-0.25, -0.2) is 13.5 Å². The molecule has 0 aliphatic heterocycles. The van der Waals surface area contributed by atoms with Gasteiger partial charge in [0.05, 0.1) is 23.7 Å². The summed E-state index contributed by atoms with van der Waals surface area (Å²) in [4.78, 5) is 12.5. The van der Waals surface area contributed by atoms with Gasteiger partial charge in [0.25, 0.3) is 5.92 Å². The van der Waals surface area contributed by atoms with E-state index >= 15 is 0 Å². The standard InChI is InChI=1S/C21H14F5N3O3/c1-20(22,23)13-4-5-16(14(8-13)21(24,25)26)29-11-12(10-27-29)7-17(30)15-9-19(32-28-15)18-3-2-6-31-18/h2-6,8-11H,7H2,1H3. The van der Waals surface area contributed by atoms with Crippen LogP contribution in [0.2, 0.25) is 0 Å². The van der Waals surface area contributed by atoms with E-state index in [2.05, 4.69) is 10.3 Å². The van der Waals surface area contributed by atoms with Gasteiger partial charge < -0.3 is 8.94 Å². The molecule has 3 heterocycles. The molecule has 0 saturated heterocycles. The van der Waals surface area contributed by atoms with Gasteiger partial charge in [-0.1, -0.05) is 11.2 Å². The molecule has 4 aromatic rings. The molecule has 3 aromatic heterocycles. The van der Waals surface area contributed by atoms with Crippen molar-refractivity contribution in [3.8, 4) is 17.2 Å². The first-order valence-electron chi connectivity index (χ1n) is 9.19. The largest absolute Gasteiger partial charge is 0.461 e. The number of hydrogen-bond acceptors (Lipinski definition) is 5. The van der Waals surface area contributed by atoms with Crippen molar-refractivity contribution in [1.82, 2.24) is 14.9 Å². The summed E-state index contributed by atoms with van der Waals surface area (Å²) in [5.41, 5.74) is -2.16. The monoisotopic (exact) mass is 451 g/mol. The van der Waals surface area contributed by atoms with Gasteiger partial charge >= 0.3 is 6.18 Å². The highest BCUT2D eigenvalue weighted by Gasteiger charge is 2.37. The fourth-order valence-corrected chi connectivity index (χ4v) is 3.04. The quantitative estimate of drug-likeness (QED) is 0.279. The number of furan rings is 1. The van der Waals surface area contributed by atoms with Crippen LogP contribution in [0.3, 0.4) is 0 Å². The number of carbonyl (C=O) groups is 1. The molecule has 0 saturated carbocycles. The van der Waals surface area contributed by atoms with Crippen LogP contribution in [0, 0.1) is 0 Å². The van der Waals surface area contributed by atoms with Gasteiger partial charge in [0.15, 0.2) is 17.2 Å². The number of hydrogen-bond donors (Lipinski definition) is 0. The average molecular weight is 451 g/mol. The molecule has 0 N–H and O–H groups in total. The lowest BCUT2D eigenvalue weighted by atomic mass is 10.0. The highest BCUT2D eigenvalue weighted by Crippen LogP contribution is 2.37. The molecular weight excluding hydrogens is 437 g/mol. The molecule has 166 valence electrons. The van der Waals surface area contributed by atoms with E-state index in [0.29, 0.717) is 24.3 Å². The summed E-state index contributed by atoms with van der Waals surface area (Å²) in [7, 11) is 0. The number of ketones is 1. The number of Topliss-reactive ketones (excluding diaryl/α,β-unsaturated/α-hetero) is 1. The Kier molecular flexibility index (Phi) is 5.19. The van der Waals surface area contributed by atoms with E-state index in [1.807, 2.05) is 0 Å². The second-order valence-corrected chi connectivity index (χ2v) is 7.06. The molecular formula is C21H14F5N3O3. The molecule has 4 rings (SSSR count). The SMILES string of the molecule is CC(F)(F)c1ccc(-n2cc(CC(=O)c3cc(-c4ccco4)on3)cn2)c(C(F)(F)F)c1. The number of benzene rings is 1. The zero-order valence-corrected chi connectivity index (χ0v) is 16.4. The van der Waals surface area contributed by atoms with E-state index in [0.717, 1.165) is 16.8 Å². The molecule has 0 bridgehead atoms. The van der Waals surface area contributed by atoms with Gasteiger partial charge in [-0.2, -0.15) is 18.3 Å². The van der Waals surface area contributed by atoms with Crippen LogP contribution in [0.15, 0.2) is 64.0 Å².